The van der Waals surface area contributed by atoms with Crippen molar-refractivity contribution in [3.8, 4) is 0 Å². The second-order valence-electron chi connectivity index (χ2n) is 5.22. The van der Waals surface area contributed by atoms with Crippen LogP contribution in [0.5, 0.6) is 0 Å². The van der Waals surface area contributed by atoms with Gasteiger partial charge in [-0.1, -0.05) is 52.2 Å². The van der Waals surface area contributed by atoms with Gasteiger partial charge in [-0.25, -0.2) is 4.68 Å². The fraction of sp³-hybridized carbons (Fsp3) is 0.857. The summed E-state index contributed by atoms with van der Waals surface area (Å²) in [5.74, 6) is 0.674. The first-order valence-electron chi connectivity index (χ1n) is 7.10. The fourth-order valence-electron chi connectivity index (χ4n) is 2.12. The standard InChI is InChI=1S/C14H27N3/c1-5-7-8-9-10-17-14(11-12(3)4)13(6-2)15-16-17/h12H,5-11H2,1-4H3. The van der Waals surface area contributed by atoms with Crippen LogP contribution in [0.1, 0.15) is 64.8 Å². The Labute approximate surface area is 106 Å². The molecule has 1 aromatic heterocycles. The van der Waals surface area contributed by atoms with E-state index in [1.165, 1.54) is 37.1 Å². The Morgan fingerprint density at radius 2 is 1.88 bits per heavy atom. The van der Waals surface area contributed by atoms with Crippen molar-refractivity contribution in [3.63, 3.8) is 0 Å². The van der Waals surface area contributed by atoms with E-state index in [1.807, 2.05) is 0 Å². The molecule has 0 aliphatic carbocycles. The topological polar surface area (TPSA) is 30.7 Å². The smallest absolute Gasteiger partial charge is 0.0856 e. The van der Waals surface area contributed by atoms with Crippen molar-refractivity contribution < 1.29 is 0 Å². The number of aromatic nitrogens is 3. The largest absolute Gasteiger partial charge is 0.249 e. The monoisotopic (exact) mass is 237 g/mol. The molecule has 17 heavy (non-hydrogen) atoms. The maximum absolute atomic E-state index is 4.30. The molecule has 98 valence electrons. The second-order valence-corrected chi connectivity index (χ2v) is 5.22. The van der Waals surface area contributed by atoms with Gasteiger partial charge in [0.25, 0.3) is 0 Å². The van der Waals surface area contributed by atoms with Gasteiger partial charge >= 0.3 is 0 Å². The van der Waals surface area contributed by atoms with Crippen molar-refractivity contribution in [1.82, 2.24) is 15.0 Å². The van der Waals surface area contributed by atoms with Gasteiger partial charge < -0.3 is 0 Å². The van der Waals surface area contributed by atoms with E-state index in [0.717, 1.165) is 19.4 Å². The number of aryl methyl sites for hydroxylation is 2. The summed E-state index contributed by atoms with van der Waals surface area (Å²) in [6, 6.07) is 0. The molecule has 0 saturated heterocycles. The normalized spacial score (nSPS) is 11.4. The highest BCUT2D eigenvalue weighted by molar-refractivity contribution is 5.10. The van der Waals surface area contributed by atoms with Gasteiger partial charge in [0.1, 0.15) is 0 Å². The molecule has 0 saturated carbocycles. The van der Waals surface area contributed by atoms with E-state index in [2.05, 4.69) is 42.7 Å². The van der Waals surface area contributed by atoms with Gasteiger partial charge in [-0.2, -0.15) is 0 Å². The number of hydrogen-bond acceptors (Lipinski definition) is 2. The maximum Gasteiger partial charge on any atom is 0.0856 e. The molecule has 0 aromatic carbocycles. The predicted octanol–water partition coefficient (Wildman–Crippen LogP) is 3.62. The van der Waals surface area contributed by atoms with Gasteiger partial charge in [0.05, 0.1) is 11.4 Å². The van der Waals surface area contributed by atoms with Crippen molar-refractivity contribution in [1.29, 1.82) is 0 Å². The average molecular weight is 237 g/mol. The summed E-state index contributed by atoms with van der Waals surface area (Å²) in [4.78, 5) is 0. The molecule has 1 heterocycles. The third-order valence-electron chi connectivity index (χ3n) is 3.08. The van der Waals surface area contributed by atoms with Gasteiger partial charge in [-0.05, 0) is 25.2 Å². The SMILES string of the molecule is CCCCCCn1nnc(CC)c1CC(C)C. The molecule has 0 amide bonds. The van der Waals surface area contributed by atoms with Crippen molar-refractivity contribution >= 4 is 0 Å². The van der Waals surface area contributed by atoms with E-state index in [0.29, 0.717) is 5.92 Å². The lowest BCUT2D eigenvalue weighted by molar-refractivity contribution is 0.495. The van der Waals surface area contributed by atoms with Crippen LogP contribution in [0.4, 0.5) is 0 Å². The highest BCUT2D eigenvalue weighted by atomic mass is 15.4. The molecular formula is C14H27N3. The Morgan fingerprint density at radius 1 is 1.12 bits per heavy atom. The molecule has 0 fully saturated rings. The van der Waals surface area contributed by atoms with E-state index < -0.39 is 0 Å². The van der Waals surface area contributed by atoms with Gasteiger partial charge in [0.2, 0.25) is 0 Å². The van der Waals surface area contributed by atoms with Crippen LogP contribution in [-0.4, -0.2) is 15.0 Å². The summed E-state index contributed by atoms with van der Waals surface area (Å²) in [6.07, 6.45) is 7.25. The van der Waals surface area contributed by atoms with E-state index in [4.69, 9.17) is 0 Å². The first kappa shape index (κ1) is 14.2. The van der Waals surface area contributed by atoms with Crippen molar-refractivity contribution in [3.05, 3.63) is 11.4 Å². The third-order valence-corrected chi connectivity index (χ3v) is 3.08. The Balaban J connectivity index is 2.60. The molecule has 0 bridgehead atoms. The molecule has 0 aliphatic rings. The van der Waals surface area contributed by atoms with Crippen LogP contribution < -0.4 is 0 Å². The highest BCUT2D eigenvalue weighted by Crippen LogP contribution is 2.13. The average Bonchev–Trinajstić information content (AvgIpc) is 2.66. The summed E-state index contributed by atoms with van der Waals surface area (Å²) in [7, 11) is 0. The predicted molar refractivity (Wildman–Crippen MR) is 72.1 cm³/mol. The third kappa shape index (κ3) is 4.49. The van der Waals surface area contributed by atoms with Crippen LogP contribution >= 0.6 is 0 Å². The van der Waals surface area contributed by atoms with Gasteiger partial charge in [0.15, 0.2) is 0 Å². The van der Waals surface area contributed by atoms with Crippen LogP contribution in [0.2, 0.25) is 0 Å². The Kier molecular flexibility index (Phi) is 6.23. The molecule has 1 aromatic rings. The summed E-state index contributed by atoms with van der Waals surface area (Å²) in [6.45, 7) is 9.96. The molecule has 0 atom stereocenters. The van der Waals surface area contributed by atoms with Gasteiger partial charge in [-0.3, -0.25) is 0 Å². The second kappa shape index (κ2) is 7.46. The minimum absolute atomic E-state index is 0.674. The van der Waals surface area contributed by atoms with E-state index in [-0.39, 0.29) is 0 Å². The molecule has 0 unspecified atom stereocenters. The van der Waals surface area contributed by atoms with Gasteiger partial charge in [-0.15, -0.1) is 5.10 Å². The summed E-state index contributed by atoms with van der Waals surface area (Å²) < 4.78 is 2.13. The fourth-order valence-corrected chi connectivity index (χ4v) is 2.12. The molecule has 0 aliphatic heterocycles. The summed E-state index contributed by atoms with van der Waals surface area (Å²) >= 11 is 0. The first-order chi connectivity index (χ1) is 8.19. The van der Waals surface area contributed by atoms with Crippen molar-refractivity contribution in [2.75, 3.05) is 0 Å². The minimum Gasteiger partial charge on any atom is -0.249 e. The molecule has 0 radical (unpaired) electrons. The van der Waals surface area contributed by atoms with Crippen LogP contribution in [-0.2, 0) is 19.4 Å². The summed E-state index contributed by atoms with van der Waals surface area (Å²) in [5.41, 5.74) is 2.55. The van der Waals surface area contributed by atoms with Crippen LogP contribution in [0.3, 0.4) is 0 Å². The number of nitrogens with zero attached hydrogens (tertiary/aromatic N) is 3. The first-order valence-corrected chi connectivity index (χ1v) is 7.10. The molecule has 3 heteroatoms. The molecule has 3 nitrogen and oxygen atoms in total. The van der Waals surface area contributed by atoms with E-state index >= 15 is 0 Å². The molecule has 0 N–H and O–H groups in total. The van der Waals surface area contributed by atoms with Crippen molar-refractivity contribution in [2.45, 2.75) is 72.8 Å². The number of unbranched alkanes of at least 4 members (excludes halogenated alkanes) is 3. The maximum atomic E-state index is 4.30. The minimum atomic E-state index is 0.674. The van der Waals surface area contributed by atoms with Crippen LogP contribution in [0, 0.1) is 5.92 Å². The Morgan fingerprint density at radius 3 is 2.47 bits per heavy atom. The zero-order valence-corrected chi connectivity index (χ0v) is 11.9. The van der Waals surface area contributed by atoms with E-state index in [1.54, 1.807) is 0 Å². The molecular weight excluding hydrogens is 210 g/mol. The zero-order chi connectivity index (χ0) is 12.7. The van der Waals surface area contributed by atoms with Crippen LogP contribution in [0.25, 0.3) is 0 Å². The lowest BCUT2D eigenvalue weighted by Gasteiger charge is -2.09. The summed E-state index contributed by atoms with van der Waals surface area (Å²) in [5, 5.41) is 8.60. The van der Waals surface area contributed by atoms with Crippen molar-refractivity contribution in [2.24, 2.45) is 5.92 Å². The number of hydrogen-bond donors (Lipinski definition) is 0. The van der Waals surface area contributed by atoms with Gasteiger partial charge in [0, 0.05) is 6.54 Å². The lowest BCUT2D eigenvalue weighted by atomic mass is 10.1. The Hall–Kier alpha value is -0.860. The molecule has 0 spiro atoms. The lowest BCUT2D eigenvalue weighted by Crippen LogP contribution is -2.09. The highest BCUT2D eigenvalue weighted by Gasteiger charge is 2.12. The zero-order valence-electron chi connectivity index (χ0n) is 11.9. The quantitative estimate of drug-likeness (QED) is 0.647. The van der Waals surface area contributed by atoms with E-state index in [9.17, 15) is 0 Å². The van der Waals surface area contributed by atoms with Crippen LogP contribution in [0.15, 0.2) is 0 Å². The molecule has 1 rings (SSSR count). The Bertz CT molecular complexity index is 315. The number of rotatable bonds is 8.